The predicted molar refractivity (Wildman–Crippen MR) is 102 cm³/mol. The van der Waals surface area contributed by atoms with Crippen LogP contribution < -0.4 is 10.5 Å². The Hall–Kier alpha value is -3.08. The van der Waals surface area contributed by atoms with Crippen molar-refractivity contribution in [3.63, 3.8) is 0 Å². The number of hydrogen-bond acceptors (Lipinski definition) is 4. The van der Waals surface area contributed by atoms with E-state index in [9.17, 15) is 9.59 Å². The topological polar surface area (TPSA) is 70.8 Å². The van der Waals surface area contributed by atoms with Gasteiger partial charge in [0.2, 0.25) is 0 Å². The summed E-state index contributed by atoms with van der Waals surface area (Å²) in [6.07, 6.45) is 0. The molecular formula is C21H21NO4. The van der Waals surface area contributed by atoms with Crippen LogP contribution in [0, 0.1) is 5.92 Å². The van der Waals surface area contributed by atoms with E-state index in [1.165, 1.54) is 11.6 Å². The van der Waals surface area contributed by atoms with Crippen molar-refractivity contribution < 1.29 is 14.3 Å². The van der Waals surface area contributed by atoms with Crippen molar-refractivity contribution in [2.45, 2.75) is 20.4 Å². The first-order valence-corrected chi connectivity index (χ1v) is 8.54. The lowest BCUT2D eigenvalue weighted by Gasteiger charge is -2.27. The average molecular weight is 351 g/mol. The number of carbonyl (C=O) groups is 1. The van der Waals surface area contributed by atoms with Crippen molar-refractivity contribution in [3.05, 3.63) is 76.1 Å². The molecule has 134 valence electrons. The maximum atomic E-state index is 11.9. The van der Waals surface area contributed by atoms with Crippen LogP contribution in [0.4, 0.5) is 5.69 Å². The molecule has 0 unspecified atom stereocenters. The summed E-state index contributed by atoms with van der Waals surface area (Å²) >= 11 is 0. The first-order valence-electron chi connectivity index (χ1n) is 8.54. The number of aromatic carboxylic acids is 1. The quantitative estimate of drug-likeness (QED) is 0.676. The van der Waals surface area contributed by atoms with Crippen molar-refractivity contribution in [1.29, 1.82) is 0 Å². The molecule has 5 heteroatoms. The number of carboxylic acids is 1. The van der Waals surface area contributed by atoms with E-state index in [0.717, 1.165) is 18.8 Å². The molecule has 2 aromatic carbocycles. The lowest BCUT2D eigenvalue weighted by Crippen LogP contribution is -2.27. The highest BCUT2D eigenvalue weighted by Crippen LogP contribution is 2.24. The minimum atomic E-state index is -1.28. The summed E-state index contributed by atoms with van der Waals surface area (Å²) in [4.78, 5) is 25.2. The molecule has 3 rings (SSSR count). The van der Waals surface area contributed by atoms with Crippen LogP contribution in [0.15, 0.2) is 63.8 Å². The highest BCUT2D eigenvalue weighted by Gasteiger charge is 2.15. The summed E-state index contributed by atoms with van der Waals surface area (Å²) in [6.45, 7) is 5.89. The predicted octanol–water partition coefficient (Wildman–Crippen LogP) is 4.15. The van der Waals surface area contributed by atoms with Gasteiger partial charge in [0.15, 0.2) is 0 Å². The van der Waals surface area contributed by atoms with Crippen LogP contribution in [-0.4, -0.2) is 17.6 Å². The number of nitrogens with zero attached hydrogens (tertiary/aromatic N) is 1. The van der Waals surface area contributed by atoms with E-state index in [1.807, 2.05) is 24.3 Å². The smallest absolute Gasteiger partial charge is 0.351 e. The molecule has 0 saturated carbocycles. The fraction of sp³-hybridized carbons (Fsp3) is 0.238. The number of hydrogen-bond donors (Lipinski definition) is 1. The molecule has 0 bridgehead atoms. The largest absolute Gasteiger partial charge is 0.477 e. The molecule has 1 aromatic heterocycles. The van der Waals surface area contributed by atoms with Crippen molar-refractivity contribution >= 4 is 22.6 Å². The van der Waals surface area contributed by atoms with Crippen LogP contribution in [0.2, 0.25) is 0 Å². The summed E-state index contributed by atoms with van der Waals surface area (Å²) in [7, 11) is 0. The third kappa shape index (κ3) is 3.94. The van der Waals surface area contributed by atoms with Crippen LogP contribution >= 0.6 is 0 Å². The van der Waals surface area contributed by atoms with Crippen LogP contribution in [0.5, 0.6) is 0 Å². The maximum Gasteiger partial charge on any atom is 0.351 e. The number of rotatable bonds is 6. The van der Waals surface area contributed by atoms with E-state index >= 15 is 0 Å². The highest BCUT2D eigenvalue weighted by molar-refractivity contribution is 5.92. The van der Waals surface area contributed by atoms with Gasteiger partial charge in [0, 0.05) is 30.2 Å². The van der Waals surface area contributed by atoms with Gasteiger partial charge in [-0.05, 0) is 29.7 Å². The van der Waals surface area contributed by atoms with Crippen molar-refractivity contribution in [3.8, 4) is 0 Å². The second kappa shape index (κ2) is 7.44. The van der Waals surface area contributed by atoms with Crippen LogP contribution in [0.25, 0.3) is 11.0 Å². The SMILES string of the molecule is CC(C)CN(Cc1ccccc1)c1ccc2cc(C(=O)O)c(=O)oc2c1. The monoisotopic (exact) mass is 351 g/mol. The fourth-order valence-corrected chi connectivity index (χ4v) is 2.95. The van der Waals surface area contributed by atoms with Crippen LogP contribution in [0.1, 0.15) is 29.8 Å². The number of benzene rings is 2. The van der Waals surface area contributed by atoms with Gasteiger partial charge < -0.3 is 14.4 Å². The summed E-state index contributed by atoms with van der Waals surface area (Å²) in [5.41, 5.74) is 1.32. The van der Waals surface area contributed by atoms with E-state index in [2.05, 4.69) is 30.9 Å². The van der Waals surface area contributed by atoms with E-state index in [0.29, 0.717) is 16.9 Å². The molecule has 3 aromatic rings. The maximum absolute atomic E-state index is 11.9. The van der Waals surface area contributed by atoms with Gasteiger partial charge in [-0.15, -0.1) is 0 Å². The molecule has 26 heavy (non-hydrogen) atoms. The fourth-order valence-electron chi connectivity index (χ4n) is 2.95. The van der Waals surface area contributed by atoms with Crippen LogP contribution in [-0.2, 0) is 6.54 Å². The van der Waals surface area contributed by atoms with Gasteiger partial charge in [-0.25, -0.2) is 9.59 Å². The van der Waals surface area contributed by atoms with Gasteiger partial charge in [-0.1, -0.05) is 44.2 Å². The van der Waals surface area contributed by atoms with E-state index in [-0.39, 0.29) is 5.56 Å². The standard InChI is InChI=1S/C21H21NO4/c1-14(2)12-22(13-15-6-4-3-5-7-15)17-9-8-16-10-18(20(23)24)21(25)26-19(16)11-17/h3-11,14H,12-13H2,1-2H3,(H,23,24). The van der Waals surface area contributed by atoms with Crippen molar-refractivity contribution in [1.82, 2.24) is 0 Å². The Labute approximate surface area is 151 Å². The third-order valence-corrected chi connectivity index (χ3v) is 4.12. The van der Waals surface area contributed by atoms with Gasteiger partial charge in [0.1, 0.15) is 11.1 Å². The zero-order valence-electron chi connectivity index (χ0n) is 14.8. The molecule has 0 radical (unpaired) electrons. The molecule has 0 atom stereocenters. The van der Waals surface area contributed by atoms with Gasteiger partial charge in [0.25, 0.3) is 0 Å². The second-order valence-electron chi connectivity index (χ2n) is 6.73. The second-order valence-corrected chi connectivity index (χ2v) is 6.73. The minimum Gasteiger partial charge on any atom is -0.477 e. The molecule has 0 saturated heterocycles. The Bertz CT molecular complexity index is 976. The normalized spacial score (nSPS) is 11.0. The molecule has 5 nitrogen and oxygen atoms in total. The number of anilines is 1. The van der Waals surface area contributed by atoms with Gasteiger partial charge >= 0.3 is 11.6 Å². The molecule has 0 fully saturated rings. The summed E-state index contributed by atoms with van der Waals surface area (Å²) in [5.74, 6) is -0.828. The third-order valence-electron chi connectivity index (χ3n) is 4.12. The van der Waals surface area contributed by atoms with E-state index < -0.39 is 11.6 Å². The summed E-state index contributed by atoms with van der Waals surface area (Å²) in [6, 6.07) is 17.0. The lowest BCUT2D eigenvalue weighted by atomic mass is 10.1. The van der Waals surface area contributed by atoms with Crippen molar-refractivity contribution in [2.75, 3.05) is 11.4 Å². The number of carboxylic acid groups (broad SMARTS) is 1. The highest BCUT2D eigenvalue weighted by atomic mass is 16.4. The summed E-state index contributed by atoms with van der Waals surface area (Å²) in [5, 5.41) is 9.66. The zero-order chi connectivity index (χ0) is 18.7. The molecule has 0 spiro atoms. The van der Waals surface area contributed by atoms with Crippen LogP contribution in [0.3, 0.4) is 0 Å². The Morgan fingerprint density at radius 1 is 1.12 bits per heavy atom. The van der Waals surface area contributed by atoms with Gasteiger partial charge in [0.05, 0.1) is 0 Å². The molecule has 0 amide bonds. The molecular weight excluding hydrogens is 330 g/mol. The minimum absolute atomic E-state index is 0.353. The van der Waals surface area contributed by atoms with E-state index in [1.54, 1.807) is 12.1 Å². The first kappa shape index (κ1) is 17.7. The van der Waals surface area contributed by atoms with Gasteiger partial charge in [-0.2, -0.15) is 0 Å². The molecule has 1 heterocycles. The summed E-state index contributed by atoms with van der Waals surface area (Å²) < 4.78 is 5.24. The number of fused-ring (bicyclic) bond motifs is 1. The molecule has 1 N–H and O–H groups in total. The molecule has 0 aliphatic carbocycles. The van der Waals surface area contributed by atoms with Gasteiger partial charge in [-0.3, -0.25) is 0 Å². The Kier molecular flexibility index (Phi) is 5.07. The molecule has 0 aliphatic heterocycles. The lowest BCUT2D eigenvalue weighted by molar-refractivity contribution is 0.0692. The first-order chi connectivity index (χ1) is 12.4. The van der Waals surface area contributed by atoms with Crippen molar-refractivity contribution in [2.24, 2.45) is 5.92 Å². The zero-order valence-corrected chi connectivity index (χ0v) is 14.8. The Morgan fingerprint density at radius 3 is 2.50 bits per heavy atom. The Balaban J connectivity index is 2.00. The van der Waals surface area contributed by atoms with E-state index in [4.69, 9.17) is 9.52 Å². The Morgan fingerprint density at radius 2 is 1.85 bits per heavy atom. The average Bonchev–Trinajstić information content (AvgIpc) is 2.60. The molecule has 0 aliphatic rings.